The Balaban J connectivity index is 2.55. The fourth-order valence-corrected chi connectivity index (χ4v) is 2.03. The Kier molecular flexibility index (Phi) is 3.94. The number of nitrogens with one attached hydrogen (secondary N) is 1. The van der Waals surface area contributed by atoms with Crippen LogP contribution in [-0.4, -0.2) is 17.4 Å². The third-order valence-corrected chi connectivity index (χ3v) is 4.19. The second-order valence-electron chi connectivity index (χ2n) is 5.50. The van der Waals surface area contributed by atoms with E-state index < -0.39 is 5.41 Å². The maximum atomic E-state index is 12.1. The first-order chi connectivity index (χ1) is 7.34. The minimum Gasteiger partial charge on any atom is -0.392 e. The minimum atomic E-state index is -0.543. The highest BCUT2D eigenvalue weighted by atomic mass is 32.1. The Bertz CT molecular complexity index is 295. The van der Waals surface area contributed by atoms with Crippen molar-refractivity contribution in [3.8, 4) is 0 Å². The molecule has 1 amide bonds. The molecule has 0 aromatic rings. The van der Waals surface area contributed by atoms with Gasteiger partial charge in [-0.25, -0.2) is 0 Å². The molecule has 16 heavy (non-hydrogen) atoms. The van der Waals surface area contributed by atoms with E-state index in [1.807, 2.05) is 0 Å². The van der Waals surface area contributed by atoms with E-state index >= 15 is 0 Å². The van der Waals surface area contributed by atoms with Crippen molar-refractivity contribution >= 4 is 23.1 Å². The molecule has 1 aliphatic rings. The highest BCUT2D eigenvalue weighted by molar-refractivity contribution is 7.80. The van der Waals surface area contributed by atoms with Gasteiger partial charge in [-0.1, -0.05) is 39.4 Å². The van der Waals surface area contributed by atoms with E-state index in [0.29, 0.717) is 11.5 Å². The van der Waals surface area contributed by atoms with Crippen LogP contribution in [0.25, 0.3) is 0 Å². The molecule has 0 saturated heterocycles. The molecular formula is C12H22N2OS. The van der Waals surface area contributed by atoms with Crippen LogP contribution < -0.4 is 11.1 Å². The van der Waals surface area contributed by atoms with Gasteiger partial charge < -0.3 is 11.1 Å². The Labute approximate surface area is 103 Å². The van der Waals surface area contributed by atoms with Gasteiger partial charge in [0.15, 0.2) is 0 Å². The van der Waals surface area contributed by atoms with Crippen LogP contribution in [0.15, 0.2) is 0 Å². The van der Waals surface area contributed by atoms with Crippen LogP contribution in [0.4, 0.5) is 0 Å². The van der Waals surface area contributed by atoms with Gasteiger partial charge in [-0.3, -0.25) is 4.79 Å². The van der Waals surface area contributed by atoms with Crippen LogP contribution in [0.1, 0.15) is 46.5 Å². The number of hydrogen-bond donors (Lipinski definition) is 2. The number of carbonyl (C=O) groups excluding carboxylic acids is 1. The highest BCUT2D eigenvalue weighted by Gasteiger charge is 2.46. The van der Waals surface area contributed by atoms with Gasteiger partial charge in [0.05, 0.1) is 10.4 Å². The second kappa shape index (κ2) is 4.70. The molecule has 3 nitrogen and oxygen atoms in total. The molecule has 0 aromatic heterocycles. The summed E-state index contributed by atoms with van der Waals surface area (Å²) in [7, 11) is 0. The molecule has 0 radical (unpaired) electrons. The van der Waals surface area contributed by atoms with E-state index in [0.717, 1.165) is 25.7 Å². The van der Waals surface area contributed by atoms with Crippen molar-refractivity contribution < 1.29 is 4.79 Å². The quantitative estimate of drug-likeness (QED) is 0.725. The van der Waals surface area contributed by atoms with Gasteiger partial charge in [0.2, 0.25) is 5.91 Å². The Morgan fingerprint density at radius 3 is 2.38 bits per heavy atom. The van der Waals surface area contributed by atoms with Crippen LogP contribution >= 0.6 is 12.2 Å². The highest BCUT2D eigenvalue weighted by Crippen LogP contribution is 2.41. The van der Waals surface area contributed by atoms with Gasteiger partial charge in [-0.15, -0.1) is 0 Å². The average Bonchev–Trinajstić information content (AvgIpc) is 2.12. The van der Waals surface area contributed by atoms with Gasteiger partial charge >= 0.3 is 0 Å². The van der Waals surface area contributed by atoms with Crippen molar-refractivity contribution in [1.29, 1.82) is 0 Å². The third-order valence-electron chi connectivity index (χ3n) is 3.80. The normalized spacial score (nSPS) is 18.7. The van der Waals surface area contributed by atoms with Gasteiger partial charge in [0, 0.05) is 6.54 Å². The Morgan fingerprint density at radius 1 is 1.50 bits per heavy atom. The first-order valence-electron chi connectivity index (χ1n) is 5.92. The molecule has 3 N–H and O–H groups in total. The lowest BCUT2D eigenvalue weighted by Gasteiger charge is -2.39. The van der Waals surface area contributed by atoms with Crippen molar-refractivity contribution in [3.63, 3.8) is 0 Å². The molecule has 1 fully saturated rings. The van der Waals surface area contributed by atoms with Crippen LogP contribution in [0, 0.1) is 10.8 Å². The van der Waals surface area contributed by atoms with Gasteiger partial charge in [-0.05, 0) is 24.7 Å². The number of hydrogen-bond acceptors (Lipinski definition) is 2. The van der Waals surface area contributed by atoms with Gasteiger partial charge in [-0.2, -0.15) is 0 Å². The van der Waals surface area contributed by atoms with Crippen LogP contribution in [0.5, 0.6) is 0 Å². The Morgan fingerprint density at radius 2 is 2.06 bits per heavy atom. The van der Waals surface area contributed by atoms with E-state index in [-0.39, 0.29) is 11.3 Å². The lowest BCUT2D eigenvalue weighted by molar-refractivity contribution is -0.131. The van der Waals surface area contributed by atoms with Gasteiger partial charge in [0.25, 0.3) is 0 Å². The molecule has 0 unspecified atom stereocenters. The van der Waals surface area contributed by atoms with Crippen molar-refractivity contribution in [1.82, 2.24) is 5.32 Å². The van der Waals surface area contributed by atoms with Crippen molar-refractivity contribution in [2.24, 2.45) is 16.6 Å². The molecule has 0 aromatic carbocycles. The van der Waals surface area contributed by atoms with E-state index in [1.165, 1.54) is 0 Å². The van der Waals surface area contributed by atoms with Crippen molar-refractivity contribution in [3.05, 3.63) is 0 Å². The van der Waals surface area contributed by atoms with E-state index in [1.54, 1.807) is 0 Å². The summed E-state index contributed by atoms with van der Waals surface area (Å²) in [5.41, 5.74) is 5.27. The third kappa shape index (κ3) is 2.54. The number of thiocarbonyl (C=S) groups is 1. The molecule has 0 bridgehead atoms. The summed E-state index contributed by atoms with van der Waals surface area (Å²) < 4.78 is 0. The summed E-state index contributed by atoms with van der Waals surface area (Å²) in [6.07, 6.45) is 3.69. The average molecular weight is 242 g/mol. The van der Waals surface area contributed by atoms with E-state index in [2.05, 4.69) is 26.1 Å². The summed E-state index contributed by atoms with van der Waals surface area (Å²) in [4.78, 5) is 12.4. The second-order valence-corrected chi connectivity index (χ2v) is 5.94. The molecule has 1 rings (SSSR count). The standard InChI is InChI=1S/C12H22N2OS/c1-4-11(2,3)8-14-10(15)12(9(13)16)6-5-7-12/h4-8H2,1-3H3,(H2,13,16)(H,14,15). The van der Waals surface area contributed by atoms with Crippen molar-refractivity contribution in [2.75, 3.05) is 6.54 Å². The molecule has 0 atom stereocenters. The zero-order valence-electron chi connectivity index (χ0n) is 10.4. The zero-order valence-corrected chi connectivity index (χ0v) is 11.2. The predicted octanol–water partition coefficient (Wildman–Crippen LogP) is 2.00. The summed E-state index contributed by atoms with van der Waals surface area (Å²) in [5.74, 6) is 0.0211. The van der Waals surface area contributed by atoms with Crippen LogP contribution in [-0.2, 0) is 4.79 Å². The Hall–Kier alpha value is -0.640. The zero-order chi connectivity index (χ0) is 12.4. The largest absolute Gasteiger partial charge is 0.392 e. The van der Waals surface area contributed by atoms with E-state index in [9.17, 15) is 4.79 Å². The molecule has 4 heteroatoms. The fraction of sp³-hybridized carbons (Fsp3) is 0.833. The first-order valence-corrected chi connectivity index (χ1v) is 6.33. The number of nitrogens with two attached hydrogens (primary N) is 1. The lowest BCUT2D eigenvalue weighted by Crippen LogP contribution is -2.54. The maximum Gasteiger partial charge on any atom is 0.233 e. The first kappa shape index (κ1) is 13.4. The molecular weight excluding hydrogens is 220 g/mol. The molecule has 0 aliphatic heterocycles. The molecule has 0 spiro atoms. The lowest BCUT2D eigenvalue weighted by atomic mass is 9.68. The van der Waals surface area contributed by atoms with Crippen LogP contribution in [0.2, 0.25) is 0 Å². The number of carbonyl (C=O) groups is 1. The smallest absolute Gasteiger partial charge is 0.233 e. The minimum absolute atomic E-state index is 0.0211. The molecule has 1 saturated carbocycles. The monoisotopic (exact) mass is 242 g/mol. The summed E-state index contributed by atoms with van der Waals surface area (Å²) in [6, 6.07) is 0. The van der Waals surface area contributed by atoms with Crippen molar-refractivity contribution in [2.45, 2.75) is 46.5 Å². The summed E-state index contributed by atoms with van der Waals surface area (Å²) >= 11 is 5.01. The maximum absolute atomic E-state index is 12.1. The fourth-order valence-electron chi connectivity index (χ4n) is 1.73. The SMILES string of the molecule is CCC(C)(C)CNC(=O)C1(C(N)=S)CCC1. The molecule has 0 heterocycles. The predicted molar refractivity (Wildman–Crippen MR) is 70.2 cm³/mol. The summed E-state index contributed by atoms with van der Waals surface area (Å²) in [6.45, 7) is 7.09. The number of amides is 1. The number of rotatable bonds is 5. The molecule has 92 valence electrons. The molecule has 1 aliphatic carbocycles. The van der Waals surface area contributed by atoms with Crippen LogP contribution in [0.3, 0.4) is 0 Å². The van der Waals surface area contributed by atoms with Gasteiger partial charge in [0.1, 0.15) is 0 Å². The van der Waals surface area contributed by atoms with E-state index in [4.69, 9.17) is 18.0 Å². The summed E-state index contributed by atoms with van der Waals surface area (Å²) in [5, 5.41) is 2.99. The topological polar surface area (TPSA) is 55.1 Å².